The Morgan fingerprint density at radius 1 is 1.06 bits per heavy atom. The van der Waals surface area contributed by atoms with Crippen molar-refractivity contribution in [2.45, 2.75) is 58.7 Å². The van der Waals surface area contributed by atoms with Crippen LogP contribution in [0.4, 0.5) is 0 Å². The van der Waals surface area contributed by atoms with Gasteiger partial charge in [-0.1, -0.05) is 11.6 Å². The molecule has 1 aliphatic rings. The van der Waals surface area contributed by atoms with Crippen molar-refractivity contribution in [3.05, 3.63) is 46.5 Å². The third-order valence-electron chi connectivity index (χ3n) is 5.95. The molecule has 0 aliphatic carbocycles. The summed E-state index contributed by atoms with van der Waals surface area (Å²) in [5, 5.41) is 61.8. The first kappa shape index (κ1) is 24.3. The van der Waals surface area contributed by atoms with Gasteiger partial charge in [0.15, 0.2) is 5.78 Å². The van der Waals surface area contributed by atoms with Crippen LogP contribution in [-0.2, 0) is 6.42 Å². The molecule has 0 radical (unpaired) electrons. The minimum Gasteiger partial charge on any atom is -0.508 e. The van der Waals surface area contributed by atoms with E-state index in [0.717, 1.165) is 23.8 Å². The zero-order valence-corrected chi connectivity index (χ0v) is 19.1. The first-order chi connectivity index (χ1) is 15.3. The number of carbonyl (C=O) groups is 1. The molecule has 6 N–H and O–H groups in total. The number of aromatic hydroxyl groups is 5. The Balaban J connectivity index is 2.11. The Morgan fingerprint density at radius 3 is 2.21 bits per heavy atom. The van der Waals surface area contributed by atoms with Crippen molar-refractivity contribution < 1.29 is 40.2 Å². The van der Waals surface area contributed by atoms with Crippen LogP contribution < -0.4 is 4.74 Å². The summed E-state index contributed by atoms with van der Waals surface area (Å²) in [4.78, 5) is 12.9. The molecule has 3 rings (SSSR count). The minimum atomic E-state index is -1.13. The highest BCUT2D eigenvalue weighted by molar-refractivity contribution is 6.03. The van der Waals surface area contributed by atoms with E-state index < -0.39 is 34.7 Å². The summed E-state index contributed by atoms with van der Waals surface area (Å²) >= 11 is 0. The van der Waals surface area contributed by atoms with E-state index in [1.54, 1.807) is 13.8 Å². The average Bonchev–Trinajstić information content (AvgIpc) is 2.64. The highest BCUT2D eigenvalue weighted by Gasteiger charge is 2.37. The second kappa shape index (κ2) is 8.86. The minimum absolute atomic E-state index is 0.0629. The van der Waals surface area contributed by atoms with Gasteiger partial charge in [0.25, 0.3) is 0 Å². The van der Waals surface area contributed by atoms with Gasteiger partial charge in [0.05, 0.1) is 17.6 Å². The van der Waals surface area contributed by atoms with E-state index in [4.69, 9.17) is 4.74 Å². The van der Waals surface area contributed by atoms with Crippen LogP contribution in [0.1, 0.15) is 68.1 Å². The monoisotopic (exact) mass is 458 g/mol. The van der Waals surface area contributed by atoms with E-state index in [2.05, 4.69) is 0 Å². The second-order valence-corrected chi connectivity index (χ2v) is 9.30. The van der Waals surface area contributed by atoms with Crippen molar-refractivity contribution in [1.82, 2.24) is 0 Å². The molecule has 178 valence electrons. The number of benzene rings is 2. The number of hydrogen-bond acceptors (Lipinski definition) is 8. The highest BCUT2D eigenvalue weighted by atomic mass is 16.5. The van der Waals surface area contributed by atoms with Crippen LogP contribution in [0.25, 0.3) is 0 Å². The van der Waals surface area contributed by atoms with Crippen molar-refractivity contribution in [3.8, 4) is 34.5 Å². The Morgan fingerprint density at radius 2 is 1.67 bits per heavy atom. The van der Waals surface area contributed by atoms with E-state index in [0.29, 0.717) is 6.42 Å². The largest absolute Gasteiger partial charge is 0.508 e. The fourth-order valence-electron chi connectivity index (χ4n) is 4.07. The molecule has 0 spiro atoms. The van der Waals surface area contributed by atoms with E-state index in [9.17, 15) is 35.4 Å². The molecule has 0 bridgehead atoms. The van der Waals surface area contributed by atoms with Gasteiger partial charge in [-0.05, 0) is 46.5 Å². The molecule has 1 heterocycles. The lowest BCUT2D eigenvalue weighted by molar-refractivity contribution is 0.0175. The lowest BCUT2D eigenvalue weighted by Gasteiger charge is -2.32. The van der Waals surface area contributed by atoms with Crippen LogP contribution in [0.3, 0.4) is 0 Å². The van der Waals surface area contributed by atoms with Crippen LogP contribution in [0, 0.1) is 5.92 Å². The molecule has 0 fully saturated rings. The zero-order valence-electron chi connectivity index (χ0n) is 19.1. The molecule has 2 aromatic carbocycles. The van der Waals surface area contributed by atoms with Crippen LogP contribution in [0.15, 0.2) is 29.8 Å². The lowest BCUT2D eigenvalue weighted by Crippen LogP contribution is -2.32. The first-order valence-corrected chi connectivity index (χ1v) is 10.7. The third-order valence-corrected chi connectivity index (χ3v) is 5.95. The maximum atomic E-state index is 12.9. The van der Waals surface area contributed by atoms with Gasteiger partial charge in [-0.3, -0.25) is 4.79 Å². The van der Waals surface area contributed by atoms with Crippen molar-refractivity contribution in [1.29, 1.82) is 0 Å². The molecule has 1 aliphatic heterocycles. The van der Waals surface area contributed by atoms with Crippen molar-refractivity contribution in [2.75, 3.05) is 0 Å². The molecule has 2 aromatic rings. The number of hydrogen-bond donors (Lipinski definition) is 6. The Bertz CT molecular complexity index is 1080. The van der Waals surface area contributed by atoms with Gasteiger partial charge in [0, 0.05) is 23.8 Å². The molecule has 2 unspecified atom stereocenters. The summed E-state index contributed by atoms with van der Waals surface area (Å²) in [5.41, 5.74) is -0.0362. The van der Waals surface area contributed by atoms with Gasteiger partial charge < -0.3 is 35.4 Å². The number of ketones is 1. The quantitative estimate of drug-likeness (QED) is 0.353. The summed E-state index contributed by atoms with van der Waals surface area (Å²) in [7, 11) is 0. The van der Waals surface area contributed by atoms with Crippen LogP contribution >= 0.6 is 0 Å². The first-order valence-electron chi connectivity index (χ1n) is 10.7. The normalized spacial score (nSPS) is 16.6. The number of carbonyl (C=O) groups excluding carboxylic acids is 1. The Hall–Kier alpha value is -3.39. The highest BCUT2D eigenvalue weighted by Crippen LogP contribution is 2.49. The number of ether oxygens (including phenoxy) is 1. The van der Waals surface area contributed by atoms with Gasteiger partial charge in [-0.25, -0.2) is 0 Å². The van der Waals surface area contributed by atoms with Gasteiger partial charge in [-0.15, -0.1) is 0 Å². The summed E-state index contributed by atoms with van der Waals surface area (Å²) < 4.78 is 5.98. The molecule has 8 heteroatoms. The van der Waals surface area contributed by atoms with E-state index >= 15 is 0 Å². The fourth-order valence-corrected chi connectivity index (χ4v) is 4.07. The number of allylic oxidation sites excluding steroid dienone is 2. The smallest absolute Gasteiger partial charge is 0.174 e. The topological polar surface area (TPSA) is 148 Å². The Kier molecular flexibility index (Phi) is 6.51. The molecule has 0 amide bonds. The number of Topliss-reactive ketones (excluding diaryl/α,β-unsaturated/α-hetero) is 1. The Labute approximate surface area is 192 Å². The summed E-state index contributed by atoms with van der Waals surface area (Å²) in [6.45, 7) is 7.18. The van der Waals surface area contributed by atoms with Crippen LogP contribution in [0.5, 0.6) is 34.5 Å². The summed E-state index contributed by atoms with van der Waals surface area (Å²) in [5.74, 6) is -2.96. The second-order valence-electron chi connectivity index (χ2n) is 9.30. The number of phenols is 5. The molecular weight excluding hydrogens is 428 g/mol. The number of phenolic OH excluding ortho intramolecular Hbond substituents is 5. The summed E-state index contributed by atoms with van der Waals surface area (Å²) in [6.07, 6.45) is 1.19. The third kappa shape index (κ3) is 5.01. The molecule has 33 heavy (non-hydrogen) atoms. The standard InChI is InChI=1S/C25H30O8/c1-12(2)5-6-13(25(3,4)32)7-15-16(27)10-19(30)23-20(31)11-21(33-24(15)23)22-17(28)8-14(26)9-18(22)29/h5,8-10,13,21,26-30,32H,6-7,11H2,1-4H3. The molecule has 0 aromatic heterocycles. The molecule has 2 atom stereocenters. The molecular formula is C25H30O8. The number of fused-ring (bicyclic) bond motifs is 1. The lowest BCUT2D eigenvalue weighted by atomic mass is 9.81. The maximum Gasteiger partial charge on any atom is 0.174 e. The van der Waals surface area contributed by atoms with Crippen LogP contribution in [0.2, 0.25) is 0 Å². The molecule has 0 saturated heterocycles. The fraction of sp³-hybridized carbons (Fsp3) is 0.400. The maximum absolute atomic E-state index is 12.9. The molecule has 0 saturated carbocycles. The predicted molar refractivity (Wildman–Crippen MR) is 121 cm³/mol. The predicted octanol–water partition coefficient (Wildman–Crippen LogP) is 4.21. The zero-order chi connectivity index (χ0) is 24.7. The van der Waals surface area contributed by atoms with E-state index in [-0.39, 0.29) is 52.7 Å². The molecule has 8 nitrogen and oxygen atoms in total. The van der Waals surface area contributed by atoms with Crippen molar-refractivity contribution in [3.63, 3.8) is 0 Å². The van der Waals surface area contributed by atoms with Gasteiger partial charge in [0.1, 0.15) is 46.2 Å². The van der Waals surface area contributed by atoms with Crippen molar-refractivity contribution in [2.24, 2.45) is 5.92 Å². The van der Waals surface area contributed by atoms with E-state index in [1.165, 1.54) is 0 Å². The van der Waals surface area contributed by atoms with E-state index in [1.807, 2.05) is 19.9 Å². The number of aliphatic hydroxyl groups is 1. The van der Waals surface area contributed by atoms with Crippen LogP contribution in [-0.4, -0.2) is 42.0 Å². The van der Waals surface area contributed by atoms with Gasteiger partial charge in [0.2, 0.25) is 0 Å². The number of rotatable bonds is 6. The average molecular weight is 459 g/mol. The van der Waals surface area contributed by atoms with Crippen molar-refractivity contribution >= 4 is 5.78 Å². The van der Waals surface area contributed by atoms with Gasteiger partial charge >= 0.3 is 0 Å². The summed E-state index contributed by atoms with van der Waals surface area (Å²) in [6, 6.07) is 3.11. The van der Waals surface area contributed by atoms with Gasteiger partial charge in [-0.2, -0.15) is 0 Å². The SMILES string of the molecule is CC(C)=CCC(Cc1c(O)cc(O)c2c1OC(c1c(O)cc(O)cc1O)CC2=O)C(C)(C)O.